The van der Waals surface area contributed by atoms with E-state index in [1.54, 1.807) is 12.1 Å². The molecule has 1 aliphatic carbocycles. The second-order valence-electron chi connectivity index (χ2n) is 9.77. The molecule has 2 aromatic rings. The maximum atomic E-state index is 12.7. The highest BCUT2D eigenvalue weighted by Crippen LogP contribution is 2.27. The lowest BCUT2D eigenvalue weighted by atomic mass is 9.85. The molecule has 0 unspecified atom stereocenters. The van der Waals surface area contributed by atoms with Crippen LogP contribution in [-0.4, -0.2) is 89.3 Å². The van der Waals surface area contributed by atoms with E-state index in [4.69, 9.17) is 33.1 Å². The molecule has 1 aromatic carbocycles. The third-order valence-corrected chi connectivity index (χ3v) is 7.36. The van der Waals surface area contributed by atoms with Gasteiger partial charge in [-0.2, -0.15) is 28.1 Å². The van der Waals surface area contributed by atoms with Crippen molar-refractivity contribution >= 4 is 52.9 Å². The molecule has 0 spiro atoms. The van der Waals surface area contributed by atoms with Gasteiger partial charge in [-0.1, -0.05) is 29.3 Å². The molecule has 4 N–H and O–H groups in total. The molecule has 0 bridgehead atoms. The molecule has 41 heavy (non-hydrogen) atoms. The van der Waals surface area contributed by atoms with Crippen molar-refractivity contribution in [1.82, 2.24) is 25.2 Å². The summed E-state index contributed by atoms with van der Waals surface area (Å²) in [6.45, 7) is 4.16. The number of benzene rings is 1. The summed E-state index contributed by atoms with van der Waals surface area (Å²) in [4.78, 5) is 39.8. The van der Waals surface area contributed by atoms with Crippen LogP contribution in [0.2, 0.25) is 10.0 Å². The Morgan fingerprint density at radius 1 is 1.02 bits per heavy atom. The summed E-state index contributed by atoms with van der Waals surface area (Å²) in [5.74, 6) is -0.856. The first-order chi connectivity index (χ1) is 19.3. The smallest absolute Gasteiger partial charge is 0.475 e. The van der Waals surface area contributed by atoms with Crippen LogP contribution in [0.5, 0.6) is 0 Å². The van der Waals surface area contributed by atoms with Crippen LogP contribution in [-0.2, 0) is 16.1 Å². The molecule has 1 saturated heterocycles. The molecule has 0 atom stereocenters. The maximum absolute atomic E-state index is 12.7. The van der Waals surface area contributed by atoms with E-state index in [2.05, 4.69) is 47.7 Å². The van der Waals surface area contributed by atoms with Gasteiger partial charge >= 0.3 is 12.1 Å². The Morgan fingerprint density at radius 3 is 2.20 bits per heavy atom. The second kappa shape index (κ2) is 14.7. The highest BCUT2D eigenvalue weighted by Gasteiger charge is 2.38. The van der Waals surface area contributed by atoms with Gasteiger partial charge in [0.15, 0.2) is 0 Å². The molecule has 1 aliphatic heterocycles. The number of piperazine rings is 1. The Bertz CT molecular complexity index is 1190. The first kappa shape index (κ1) is 32.4. The van der Waals surface area contributed by atoms with Crippen molar-refractivity contribution in [2.75, 3.05) is 55.8 Å². The van der Waals surface area contributed by atoms with Gasteiger partial charge in [-0.05, 0) is 50.4 Å². The Balaban J connectivity index is 0.000000587. The van der Waals surface area contributed by atoms with Crippen LogP contribution in [0.15, 0.2) is 18.2 Å². The molecule has 16 heteroatoms. The van der Waals surface area contributed by atoms with E-state index in [1.165, 1.54) is 0 Å². The van der Waals surface area contributed by atoms with E-state index >= 15 is 0 Å². The predicted octanol–water partition coefficient (Wildman–Crippen LogP) is 3.89. The SMILES string of the molecule is CNc1nc(N[C@H]2CC[C@H](C(=O)NCc3ccc(Cl)cc3Cl)CC2)nc(N2CCN(C)CC2)n1.O=C(O)C(F)(F)F. The van der Waals surface area contributed by atoms with Gasteiger partial charge in [0.1, 0.15) is 0 Å². The lowest BCUT2D eigenvalue weighted by molar-refractivity contribution is -0.192. The van der Waals surface area contributed by atoms with Gasteiger partial charge in [0.2, 0.25) is 23.8 Å². The lowest BCUT2D eigenvalue weighted by Crippen LogP contribution is -2.45. The molecule has 0 radical (unpaired) electrons. The van der Waals surface area contributed by atoms with Crippen LogP contribution in [0, 0.1) is 5.92 Å². The number of alkyl halides is 3. The number of carbonyl (C=O) groups is 2. The Hall–Kier alpha value is -3.10. The van der Waals surface area contributed by atoms with E-state index in [1.807, 2.05) is 13.1 Å². The molecule has 11 nitrogen and oxygen atoms in total. The van der Waals surface area contributed by atoms with E-state index in [0.29, 0.717) is 34.4 Å². The topological polar surface area (TPSA) is 136 Å². The lowest BCUT2D eigenvalue weighted by Gasteiger charge is -2.33. The van der Waals surface area contributed by atoms with E-state index in [9.17, 15) is 18.0 Å². The molecular weight excluding hydrogens is 588 g/mol. The first-order valence-electron chi connectivity index (χ1n) is 13.0. The van der Waals surface area contributed by atoms with Gasteiger partial charge in [0.05, 0.1) is 0 Å². The zero-order valence-corrected chi connectivity index (χ0v) is 24.2. The summed E-state index contributed by atoms with van der Waals surface area (Å²) in [5.41, 5.74) is 0.862. The third-order valence-electron chi connectivity index (χ3n) is 6.78. The fourth-order valence-electron chi connectivity index (χ4n) is 4.36. The molecule has 2 fully saturated rings. The summed E-state index contributed by atoms with van der Waals surface area (Å²) in [5, 5.41) is 17.8. The second-order valence-corrected chi connectivity index (χ2v) is 10.6. The molecule has 2 aliphatic rings. The Kier molecular flexibility index (Phi) is 11.6. The number of carboxylic acids is 1. The van der Waals surface area contributed by atoms with Gasteiger partial charge in [-0.25, -0.2) is 4.79 Å². The van der Waals surface area contributed by atoms with Crippen molar-refractivity contribution in [2.24, 2.45) is 5.92 Å². The molecular formula is C25H33Cl2F3N8O3. The van der Waals surface area contributed by atoms with Crippen molar-refractivity contribution in [3.8, 4) is 0 Å². The number of rotatable bonds is 7. The summed E-state index contributed by atoms with van der Waals surface area (Å²) < 4.78 is 31.7. The van der Waals surface area contributed by atoms with Crippen LogP contribution in [0.3, 0.4) is 0 Å². The monoisotopic (exact) mass is 620 g/mol. The fourth-order valence-corrected chi connectivity index (χ4v) is 4.84. The number of amides is 1. The average molecular weight is 621 g/mol. The largest absolute Gasteiger partial charge is 0.490 e. The van der Waals surface area contributed by atoms with Gasteiger partial charge in [-0.15, -0.1) is 0 Å². The maximum Gasteiger partial charge on any atom is 0.490 e. The van der Waals surface area contributed by atoms with Gasteiger partial charge in [0, 0.05) is 61.8 Å². The van der Waals surface area contributed by atoms with E-state index < -0.39 is 12.1 Å². The molecule has 1 aromatic heterocycles. The van der Waals surface area contributed by atoms with Gasteiger partial charge in [-0.3, -0.25) is 4.79 Å². The minimum absolute atomic E-state index is 0.00347. The summed E-state index contributed by atoms with van der Waals surface area (Å²) in [6, 6.07) is 5.54. The van der Waals surface area contributed by atoms with Crippen molar-refractivity contribution in [2.45, 2.75) is 44.4 Å². The number of hydrogen-bond donors (Lipinski definition) is 4. The molecule has 1 saturated carbocycles. The van der Waals surface area contributed by atoms with Crippen LogP contribution in [0.25, 0.3) is 0 Å². The van der Waals surface area contributed by atoms with Crippen molar-refractivity contribution in [1.29, 1.82) is 0 Å². The number of anilines is 3. The predicted molar refractivity (Wildman–Crippen MR) is 150 cm³/mol. The van der Waals surface area contributed by atoms with Crippen LogP contribution >= 0.6 is 23.2 Å². The summed E-state index contributed by atoms with van der Waals surface area (Å²) >= 11 is 12.2. The number of carbonyl (C=O) groups excluding carboxylic acids is 1. The first-order valence-corrected chi connectivity index (χ1v) is 13.8. The molecule has 226 valence electrons. The number of nitrogens with one attached hydrogen (secondary N) is 3. The number of carboxylic acid groups (broad SMARTS) is 1. The Labute approximate surface area is 245 Å². The van der Waals surface area contributed by atoms with Crippen LogP contribution < -0.4 is 20.9 Å². The normalized spacial score (nSPS) is 19.5. The van der Waals surface area contributed by atoms with Crippen LogP contribution in [0.4, 0.5) is 31.0 Å². The number of likely N-dealkylation sites (N-methyl/N-ethyl adjacent to an activating group) is 1. The van der Waals surface area contributed by atoms with E-state index in [0.717, 1.165) is 57.4 Å². The molecule has 1 amide bonds. The minimum atomic E-state index is -5.08. The summed E-state index contributed by atoms with van der Waals surface area (Å²) in [7, 11) is 3.94. The minimum Gasteiger partial charge on any atom is -0.475 e. The highest BCUT2D eigenvalue weighted by atomic mass is 35.5. The quantitative estimate of drug-likeness (QED) is 0.361. The van der Waals surface area contributed by atoms with Gasteiger partial charge < -0.3 is 30.9 Å². The molecule has 4 rings (SSSR count). The fraction of sp³-hybridized carbons (Fsp3) is 0.560. The summed E-state index contributed by atoms with van der Waals surface area (Å²) in [6.07, 6.45) is -1.70. The number of aromatic nitrogens is 3. The third kappa shape index (κ3) is 10.0. The number of halogens is 5. The van der Waals surface area contributed by atoms with Crippen molar-refractivity contribution < 1.29 is 27.9 Å². The number of hydrogen-bond acceptors (Lipinski definition) is 9. The highest BCUT2D eigenvalue weighted by molar-refractivity contribution is 6.35. The zero-order valence-electron chi connectivity index (χ0n) is 22.6. The zero-order chi connectivity index (χ0) is 30.2. The van der Waals surface area contributed by atoms with E-state index in [-0.39, 0.29) is 17.9 Å². The van der Waals surface area contributed by atoms with Crippen molar-refractivity contribution in [3.63, 3.8) is 0 Å². The molecule has 2 heterocycles. The number of aliphatic carboxylic acids is 1. The van der Waals surface area contributed by atoms with Gasteiger partial charge in [0.25, 0.3) is 0 Å². The number of nitrogens with zero attached hydrogens (tertiary/aromatic N) is 5. The van der Waals surface area contributed by atoms with Crippen LogP contribution in [0.1, 0.15) is 31.2 Å². The Morgan fingerprint density at radius 2 is 1.63 bits per heavy atom. The average Bonchev–Trinajstić information content (AvgIpc) is 2.93. The standard InChI is InChI=1S/C23H32Cl2N8O.C2HF3O2/c1-26-21-29-22(31-23(30-21)33-11-9-32(2)10-12-33)28-18-7-4-15(5-8-18)20(34)27-14-16-3-6-17(24)13-19(16)25;3-2(4,5)1(6)7/h3,6,13,15,18H,4-5,7-12,14H2,1-2H3,(H,27,34)(H2,26,28,29,30,31);(H,6,7)/t15-,18-;. The van der Waals surface area contributed by atoms with Crippen molar-refractivity contribution in [3.05, 3.63) is 33.8 Å².